The van der Waals surface area contributed by atoms with Gasteiger partial charge in [0.2, 0.25) is 0 Å². The molecule has 0 aliphatic heterocycles. The lowest BCUT2D eigenvalue weighted by atomic mass is 10.1. The third-order valence-electron chi connectivity index (χ3n) is 4.17. The molecule has 0 saturated carbocycles. The van der Waals surface area contributed by atoms with Gasteiger partial charge in [-0.05, 0) is 29.8 Å². The van der Waals surface area contributed by atoms with E-state index in [-0.39, 0.29) is 0 Å². The topological polar surface area (TPSA) is 56.7 Å². The molecule has 2 N–H and O–H groups in total. The molecule has 0 atom stereocenters. The molecule has 122 valence electrons. The predicted molar refractivity (Wildman–Crippen MR) is 104 cm³/mol. The summed E-state index contributed by atoms with van der Waals surface area (Å²) >= 11 is 5.03. The van der Waals surface area contributed by atoms with Crippen molar-refractivity contribution < 1.29 is 0 Å². The molecular formula is C20H16N4S. The lowest BCUT2D eigenvalue weighted by molar-refractivity contribution is 0.834. The number of pyridine rings is 1. The molecule has 0 spiro atoms. The van der Waals surface area contributed by atoms with E-state index in [4.69, 9.17) is 22.9 Å². The number of imidazole rings is 1. The van der Waals surface area contributed by atoms with Crippen LogP contribution in [0.15, 0.2) is 73.1 Å². The minimum absolute atomic E-state index is 0.414. The summed E-state index contributed by atoms with van der Waals surface area (Å²) in [7, 11) is 0. The summed E-state index contributed by atoms with van der Waals surface area (Å²) in [4.78, 5) is 9.34. The zero-order chi connectivity index (χ0) is 17.2. The van der Waals surface area contributed by atoms with Gasteiger partial charge in [-0.1, -0.05) is 48.6 Å². The molecule has 2 aromatic heterocycles. The van der Waals surface area contributed by atoms with Crippen molar-refractivity contribution in [2.75, 3.05) is 0 Å². The van der Waals surface area contributed by atoms with E-state index in [2.05, 4.69) is 27.8 Å². The van der Waals surface area contributed by atoms with Gasteiger partial charge in [-0.15, -0.1) is 0 Å². The van der Waals surface area contributed by atoms with Gasteiger partial charge in [0, 0.05) is 30.1 Å². The summed E-state index contributed by atoms with van der Waals surface area (Å²) in [5.74, 6) is 0.932. The highest BCUT2D eigenvalue weighted by Gasteiger charge is 2.12. The number of benzene rings is 2. The van der Waals surface area contributed by atoms with Crippen LogP contribution in [0.1, 0.15) is 11.1 Å². The van der Waals surface area contributed by atoms with Crippen LogP contribution in [0.4, 0.5) is 0 Å². The summed E-state index contributed by atoms with van der Waals surface area (Å²) in [6, 6.07) is 20.2. The number of fused-ring (bicyclic) bond motifs is 1. The number of nitrogens with zero attached hydrogens (tertiary/aromatic N) is 3. The Morgan fingerprint density at radius 3 is 2.40 bits per heavy atom. The SMILES string of the molecule is NC(=S)c1ccc(Cn2c(-c3ccncc3)nc3ccccc32)cc1. The van der Waals surface area contributed by atoms with Crippen LogP contribution in [0, 0.1) is 0 Å². The molecule has 0 unspecified atom stereocenters. The second kappa shape index (κ2) is 6.45. The van der Waals surface area contributed by atoms with Crippen LogP contribution in [-0.2, 0) is 6.54 Å². The van der Waals surface area contributed by atoms with Crippen LogP contribution in [-0.4, -0.2) is 19.5 Å². The van der Waals surface area contributed by atoms with Crippen molar-refractivity contribution >= 4 is 28.2 Å². The van der Waals surface area contributed by atoms with Gasteiger partial charge < -0.3 is 10.3 Å². The van der Waals surface area contributed by atoms with E-state index in [0.717, 1.165) is 34.5 Å². The van der Waals surface area contributed by atoms with Gasteiger partial charge in [0.1, 0.15) is 10.8 Å². The summed E-state index contributed by atoms with van der Waals surface area (Å²) in [6.45, 7) is 0.718. The van der Waals surface area contributed by atoms with Gasteiger partial charge in [-0.3, -0.25) is 4.98 Å². The van der Waals surface area contributed by atoms with Crippen LogP contribution in [0.5, 0.6) is 0 Å². The maximum absolute atomic E-state index is 5.68. The van der Waals surface area contributed by atoms with Crippen molar-refractivity contribution in [2.24, 2.45) is 5.73 Å². The lowest BCUT2D eigenvalue weighted by Gasteiger charge is -2.10. The lowest BCUT2D eigenvalue weighted by Crippen LogP contribution is -2.09. The van der Waals surface area contributed by atoms with Gasteiger partial charge >= 0.3 is 0 Å². The quantitative estimate of drug-likeness (QED) is 0.573. The molecule has 0 aliphatic carbocycles. The zero-order valence-corrected chi connectivity index (χ0v) is 14.3. The summed E-state index contributed by atoms with van der Waals surface area (Å²) in [6.07, 6.45) is 3.58. The molecule has 4 aromatic rings. The van der Waals surface area contributed by atoms with Crippen LogP contribution < -0.4 is 5.73 Å². The molecular weight excluding hydrogens is 328 g/mol. The molecule has 0 radical (unpaired) electrons. The van der Waals surface area contributed by atoms with Gasteiger partial charge in [0.15, 0.2) is 0 Å². The van der Waals surface area contributed by atoms with Crippen LogP contribution >= 0.6 is 12.2 Å². The number of hydrogen-bond donors (Lipinski definition) is 1. The average Bonchev–Trinajstić information content (AvgIpc) is 3.02. The fraction of sp³-hybridized carbons (Fsp3) is 0.0500. The molecule has 5 heteroatoms. The number of nitrogens with two attached hydrogens (primary N) is 1. The second-order valence-electron chi connectivity index (χ2n) is 5.81. The first-order valence-corrected chi connectivity index (χ1v) is 8.37. The van der Waals surface area contributed by atoms with Crippen LogP contribution in [0.25, 0.3) is 22.4 Å². The van der Waals surface area contributed by atoms with Crippen LogP contribution in [0.3, 0.4) is 0 Å². The average molecular weight is 344 g/mol. The maximum atomic E-state index is 5.68. The highest BCUT2D eigenvalue weighted by atomic mass is 32.1. The van der Waals surface area contributed by atoms with Gasteiger partial charge in [-0.2, -0.15) is 0 Å². The Balaban J connectivity index is 1.81. The fourth-order valence-electron chi connectivity index (χ4n) is 2.91. The van der Waals surface area contributed by atoms with E-state index in [1.165, 1.54) is 5.56 Å². The third kappa shape index (κ3) is 3.02. The molecule has 2 aromatic carbocycles. The van der Waals surface area contributed by atoms with Gasteiger partial charge in [0.25, 0.3) is 0 Å². The molecule has 4 nitrogen and oxygen atoms in total. The molecule has 0 bridgehead atoms. The molecule has 25 heavy (non-hydrogen) atoms. The standard InChI is InChI=1S/C20H16N4S/c21-19(25)15-7-5-14(6-8-15)13-24-18-4-2-1-3-17(18)23-20(24)16-9-11-22-12-10-16/h1-12H,13H2,(H2,21,25). The molecule has 0 saturated heterocycles. The summed E-state index contributed by atoms with van der Waals surface area (Å²) in [5, 5.41) is 0. The normalized spacial score (nSPS) is 10.9. The monoisotopic (exact) mass is 344 g/mol. The van der Waals surface area contributed by atoms with Crippen molar-refractivity contribution in [1.29, 1.82) is 0 Å². The van der Waals surface area contributed by atoms with Crippen molar-refractivity contribution in [2.45, 2.75) is 6.54 Å². The van der Waals surface area contributed by atoms with Gasteiger partial charge in [-0.25, -0.2) is 4.98 Å². The Bertz CT molecular complexity index is 1040. The number of hydrogen-bond acceptors (Lipinski definition) is 3. The highest BCUT2D eigenvalue weighted by molar-refractivity contribution is 7.80. The Hall–Kier alpha value is -3.05. The number of rotatable bonds is 4. The number of thiocarbonyl (C=S) groups is 1. The van der Waals surface area contributed by atoms with E-state index < -0.39 is 0 Å². The molecule has 2 heterocycles. The molecule has 4 rings (SSSR count). The van der Waals surface area contributed by atoms with E-state index >= 15 is 0 Å². The first kappa shape index (κ1) is 15.5. The smallest absolute Gasteiger partial charge is 0.141 e. The first-order valence-electron chi connectivity index (χ1n) is 7.97. The van der Waals surface area contributed by atoms with E-state index in [1.807, 2.05) is 42.5 Å². The Morgan fingerprint density at radius 2 is 1.68 bits per heavy atom. The molecule has 0 aliphatic rings. The minimum atomic E-state index is 0.414. The molecule has 0 fully saturated rings. The zero-order valence-electron chi connectivity index (χ0n) is 13.5. The van der Waals surface area contributed by atoms with Crippen molar-refractivity contribution in [3.05, 3.63) is 84.2 Å². The van der Waals surface area contributed by atoms with E-state index in [0.29, 0.717) is 4.99 Å². The van der Waals surface area contributed by atoms with Crippen molar-refractivity contribution in [3.8, 4) is 11.4 Å². The predicted octanol–water partition coefficient (Wildman–Crippen LogP) is 3.78. The van der Waals surface area contributed by atoms with Crippen LogP contribution in [0.2, 0.25) is 0 Å². The Kier molecular flexibility index (Phi) is 3.99. The fourth-order valence-corrected chi connectivity index (χ4v) is 3.05. The van der Waals surface area contributed by atoms with Crippen molar-refractivity contribution in [1.82, 2.24) is 14.5 Å². The number of aromatic nitrogens is 3. The minimum Gasteiger partial charge on any atom is -0.389 e. The van der Waals surface area contributed by atoms with Crippen molar-refractivity contribution in [3.63, 3.8) is 0 Å². The third-order valence-corrected chi connectivity index (χ3v) is 4.41. The van der Waals surface area contributed by atoms with Gasteiger partial charge in [0.05, 0.1) is 11.0 Å². The Labute approximate surface area is 151 Å². The van der Waals surface area contributed by atoms with E-state index in [9.17, 15) is 0 Å². The first-order chi connectivity index (χ1) is 12.2. The molecule has 0 amide bonds. The summed E-state index contributed by atoms with van der Waals surface area (Å²) < 4.78 is 2.22. The highest BCUT2D eigenvalue weighted by Crippen LogP contribution is 2.25. The number of para-hydroxylation sites is 2. The largest absolute Gasteiger partial charge is 0.389 e. The van der Waals surface area contributed by atoms with E-state index in [1.54, 1.807) is 12.4 Å². The Morgan fingerprint density at radius 1 is 0.960 bits per heavy atom. The second-order valence-corrected chi connectivity index (χ2v) is 6.25. The maximum Gasteiger partial charge on any atom is 0.141 e. The summed E-state index contributed by atoms with van der Waals surface area (Å²) in [5.41, 5.74) is 10.9.